The van der Waals surface area contributed by atoms with E-state index in [1.165, 1.54) is 59.0 Å². The molecule has 1 aliphatic rings. The van der Waals surface area contributed by atoms with Gasteiger partial charge in [-0.3, -0.25) is 0 Å². The molecule has 1 aromatic heterocycles. The molecule has 1 saturated heterocycles. The molecule has 1 aliphatic heterocycles. The van der Waals surface area contributed by atoms with Crippen LogP contribution in [-0.4, -0.2) is 29.1 Å². The summed E-state index contributed by atoms with van der Waals surface area (Å²) in [5.41, 5.74) is 4.08. The number of fused-ring (bicyclic) bond motifs is 1. The van der Waals surface area contributed by atoms with Crippen LogP contribution in [0.25, 0.3) is 10.9 Å². The van der Waals surface area contributed by atoms with E-state index in [-0.39, 0.29) is 0 Å². The second kappa shape index (κ2) is 7.65. The number of likely N-dealkylation sites (tertiary alicyclic amines) is 1. The average Bonchev–Trinajstić information content (AvgIpc) is 3.23. The molecule has 0 saturated carbocycles. The zero-order valence-electron chi connectivity index (χ0n) is 14.2. The highest BCUT2D eigenvalue weighted by Gasteiger charge is 2.14. The highest BCUT2D eigenvalue weighted by atomic mass is 79.9. The zero-order valence-corrected chi connectivity index (χ0v) is 17.4. The molecule has 0 atom stereocenters. The van der Waals surface area contributed by atoms with Crippen molar-refractivity contribution in [1.29, 1.82) is 0 Å². The van der Waals surface area contributed by atoms with Crippen LogP contribution in [0.5, 0.6) is 0 Å². The van der Waals surface area contributed by atoms with E-state index in [1.807, 2.05) is 0 Å². The average molecular weight is 462 g/mol. The van der Waals surface area contributed by atoms with E-state index in [2.05, 4.69) is 90.0 Å². The first-order valence-corrected chi connectivity index (χ1v) is 10.5. The minimum Gasteiger partial charge on any atom is -0.343 e. The third-order valence-electron chi connectivity index (χ3n) is 5.12. The lowest BCUT2D eigenvalue weighted by molar-refractivity contribution is 0.344. The van der Waals surface area contributed by atoms with Crippen molar-refractivity contribution in [3.8, 4) is 0 Å². The molecule has 25 heavy (non-hydrogen) atoms. The van der Waals surface area contributed by atoms with Crippen LogP contribution < -0.4 is 0 Å². The van der Waals surface area contributed by atoms with E-state index in [9.17, 15) is 0 Å². The molecule has 0 spiro atoms. The lowest BCUT2D eigenvalue weighted by atomic mass is 10.1. The van der Waals surface area contributed by atoms with Gasteiger partial charge in [-0.05, 0) is 67.7 Å². The number of aromatic nitrogens is 1. The van der Waals surface area contributed by atoms with Crippen molar-refractivity contribution in [1.82, 2.24) is 9.47 Å². The number of nitrogens with zero attached hydrogens (tertiary/aromatic N) is 2. The Morgan fingerprint density at radius 1 is 0.920 bits per heavy atom. The van der Waals surface area contributed by atoms with E-state index < -0.39 is 0 Å². The van der Waals surface area contributed by atoms with Gasteiger partial charge in [-0.1, -0.05) is 50.1 Å². The summed E-state index contributed by atoms with van der Waals surface area (Å²) in [5.74, 6) is 0. The second-order valence-electron chi connectivity index (χ2n) is 6.83. The van der Waals surface area contributed by atoms with E-state index in [0.29, 0.717) is 0 Å². The van der Waals surface area contributed by atoms with Crippen LogP contribution in [0.1, 0.15) is 24.0 Å². The molecule has 130 valence electrons. The third-order valence-corrected chi connectivity index (χ3v) is 6.39. The van der Waals surface area contributed by atoms with Crippen LogP contribution in [0.2, 0.25) is 0 Å². The number of benzene rings is 2. The molecule has 0 bridgehead atoms. The Balaban J connectivity index is 1.65. The summed E-state index contributed by atoms with van der Waals surface area (Å²) in [4.78, 5) is 2.59. The van der Waals surface area contributed by atoms with E-state index in [0.717, 1.165) is 17.4 Å². The van der Waals surface area contributed by atoms with Crippen LogP contribution >= 0.6 is 31.9 Å². The first-order valence-electron chi connectivity index (χ1n) is 8.94. The van der Waals surface area contributed by atoms with Gasteiger partial charge in [-0.2, -0.15) is 0 Å². The first-order chi connectivity index (χ1) is 12.2. The van der Waals surface area contributed by atoms with Crippen LogP contribution in [0.3, 0.4) is 0 Å². The van der Waals surface area contributed by atoms with Crippen molar-refractivity contribution < 1.29 is 0 Å². The monoisotopic (exact) mass is 460 g/mol. The number of rotatable bonds is 5. The lowest BCUT2D eigenvalue weighted by Gasteiger charge is -2.13. The van der Waals surface area contributed by atoms with Gasteiger partial charge in [0.2, 0.25) is 0 Å². The third kappa shape index (κ3) is 3.86. The Morgan fingerprint density at radius 2 is 1.72 bits per heavy atom. The number of hydrogen-bond donors (Lipinski definition) is 0. The molecule has 0 radical (unpaired) electrons. The normalized spacial score (nSPS) is 15.3. The number of hydrogen-bond acceptors (Lipinski definition) is 1. The van der Waals surface area contributed by atoms with E-state index >= 15 is 0 Å². The molecule has 4 rings (SSSR count). The predicted octanol–water partition coefficient (Wildman–Crippen LogP) is 5.85. The lowest BCUT2D eigenvalue weighted by Crippen LogP contribution is -2.21. The van der Waals surface area contributed by atoms with E-state index in [4.69, 9.17) is 0 Å². The summed E-state index contributed by atoms with van der Waals surface area (Å²) in [6.45, 7) is 4.59. The topological polar surface area (TPSA) is 8.17 Å². The highest BCUT2D eigenvalue weighted by molar-refractivity contribution is 9.10. The van der Waals surface area contributed by atoms with E-state index in [1.54, 1.807) is 0 Å². The highest BCUT2D eigenvalue weighted by Crippen LogP contribution is 2.28. The maximum Gasteiger partial charge on any atom is 0.0487 e. The van der Waals surface area contributed by atoms with Crippen molar-refractivity contribution >= 4 is 42.8 Å². The van der Waals surface area contributed by atoms with Crippen molar-refractivity contribution in [2.24, 2.45) is 0 Å². The Morgan fingerprint density at radius 3 is 2.52 bits per heavy atom. The fraction of sp³-hybridized carbons (Fsp3) is 0.333. The van der Waals surface area contributed by atoms with Crippen molar-refractivity contribution in [2.45, 2.75) is 25.8 Å². The van der Waals surface area contributed by atoms with Crippen LogP contribution in [0.15, 0.2) is 57.6 Å². The molecule has 2 aromatic carbocycles. The fourth-order valence-electron chi connectivity index (χ4n) is 3.77. The van der Waals surface area contributed by atoms with Crippen molar-refractivity contribution in [2.75, 3.05) is 19.6 Å². The van der Waals surface area contributed by atoms with Gasteiger partial charge in [0.05, 0.1) is 0 Å². The fourth-order valence-corrected chi connectivity index (χ4v) is 4.54. The molecule has 1 fully saturated rings. The largest absolute Gasteiger partial charge is 0.343 e. The Hall–Kier alpha value is -1.10. The van der Waals surface area contributed by atoms with Crippen molar-refractivity contribution in [3.63, 3.8) is 0 Å². The van der Waals surface area contributed by atoms with Gasteiger partial charge in [0, 0.05) is 39.1 Å². The van der Waals surface area contributed by atoms with Crippen LogP contribution in [-0.2, 0) is 13.0 Å². The molecular weight excluding hydrogens is 440 g/mol. The molecule has 2 heterocycles. The van der Waals surface area contributed by atoms with Gasteiger partial charge < -0.3 is 9.47 Å². The Kier molecular flexibility index (Phi) is 5.30. The molecule has 2 nitrogen and oxygen atoms in total. The molecule has 0 amide bonds. The van der Waals surface area contributed by atoms with Crippen molar-refractivity contribution in [3.05, 3.63) is 68.7 Å². The van der Waals surface area contributed by atoms with Gasteiger partial charge in [-0.25, -0.2) is 0 Å². The molecular formula is C21H22Br2N2. The summed E-state index contributed by atoms with van der Waals surface area (Å²) < 4.78 is 4.72. The Labute approximate surface area is 166 Å². The SMILES string of the molecule is Brc1ccc2c(c1)c(CCN1CCCC1)cn2Cc1ccccc1Br. The second-order valence-corrected chi connectivity index (χ2v) is 8.60. The minimum atomic E-state index is 0.892. The van der Waals surface area contributed by atoms with Gasteiger partial charge in [0.25, 0.3) is 0 Å². The Bertz CT molecular complexity index is 879. The first kappa shape index (κ1) is 17.3. The van der Waals surface area contributed by atoms with Crippen LogP contribution in [0.4, 0.5) is 0 Å². The molecule has 0 unspecified atom stereocenters. The summed E-state index contributed by atoms with van der Waals surface area (Å²) in [7, 11) is 0. The predicted molar refractivity (Wildman–Crippen MR) is 112 cm³/mol. The van der Waals surface area contributed by atoms with Gasteiger partial charge >= 0.3 is 0 Å². The quantitative estimate of drug-likeness (QED) is 0.462. The molecule has 0 aliphatic carbocycles. The van der Waals surface area contributed by atoms with Gasteiger partial charge in [0.1, 0.15) is 0 Å². The van der Waals surface area contributed by atoms with Gasteiger partial charge in [-0.15, -0.1) is 0 Å². The molecule has 0 N–H and O–H groups in total. The summed E-state index contributed by atoms with van der Waals surface area (Å²) in [6.07, 6.45) is 6.19. The maximum atomic E-state index is 3.68. The smallest absolute Gasteiger partial charge is 0.0487 e. The summed E-state index contributed by atoms with van der Waals surface area (Å²) >= 11 is 7.33. The zero-order chi connectivity index (χ0) is 17.2. The van der Waals surface area contributed by atoms with Crippen LogP contribution in [0, 0.1) is 0 Å². The number of halogens is 2. The maximum absolute atomic E-state index is 3.68. The standard InChI is InChI=1S/C21H22Br2N2/c22-18-7-8-21-19(13-18)16(9-12-24-10-3-4-11-24)14-25(21)15-17-5-1-2-6-20(17)23/h1-2,5-8,13-14H,3-4,9-12,15H2. The summed E-state index contributed by atoms with van der Waals surface area (Å²) in [5, 5.41) is 1.38. The van der Waals surface area contributed by atoms with Gasteiger partial charge in [0.15, 0.2) is 0 Å². The summed E-state index contributed by atoms with van der Waals surface area (Å²) in [6, 6.07) is 15.1. The minimum absolute atomic E-state index is 0.892. The molecule has 3 aromatic rings. The molecule has 4 heteroatoms.